The molecule has 6 rings (SSSR count). The van der Waals surface area contributed by atoms with E-state index in [1.54, 1.807) is 24.3 Å². The van der Waals surface area contributed by atoms with Crippen LogP contribution >= 0.6 is 23.1 Å². The van der Waals surface area contributed by atoms with E-state index in [1.165, 1.54) is 28.8 Å². The summed E-state index contributed by atoms with van der Waals surface area (Å²) in [5.41, 5.74) is 2.64. The number of fused-ring (bicyclic) bond motifs is 2. The molecule has 4 aromatic rings. The van der Waals surface area contributed by atoms with Gasteiger partial charge in [0.2, 0.25) is 17.7 Å². The number of hydrogen-bond donors (Lipinski definition) is 1. The number of para-hydroxylation sites is 1. The van der Waals surface area contributed by atoms with Gasteiger partial charge in [0.25, 0.3) is 0 Å². The fourth-order valence-corrected chi connectivity index (χ4v) is 8.08. The molecule has 11 heteroatoms. The molecule has 0 spiro atoms. The van der Waals surface area contributed by atoms with Gasteiger partial charge in [0, 0.05) is 36.3 Å². The van der Waals surface area contributed by atoms with Gasteiger partial charge >= 0.3 is 4.87 Å². The third-order valence-electron chi connectivity index (χ3n) is 7.26. The van der Waals surface area contributed by atoms with Crippen molar-refractivity contribution in [2.24, 2.45) is 5.92 Å². The molecule has 2 aliphatic heterocycles. The Labute approximate surface area is 243 Å². The minimum absolute atomic E-state index is 0.236. The van der Waals surface area contributed by atoms with E-state index in [0.29, 0.717) is 21.3 Å². The summed E-state index contributed by atoms with van der Waals surface area (Å²) in [6.45, 7) is -0.236. The molecule has 1 aromatic heterocycles. The van der Waals surface area contributed by atoms with Crippen LogP contribution in [0.4, 0.5) is 21.5 Å². The summed E-state index contributed by atoms with van der Waals surface area (Å²) in [7, 11) is 3.85. The number of carbonyl (C=O) groups is 3. The summed E-state index contributed by atoms with van der Waals surface area (Å²) in [6.07, 6.45) is 0. The molecule has 0 unspecified atom stereocenters. The zero-order valence-electron chi connectivity index (χ0n) is 22.1. The van der Waals surface area contributed by atoms with Crippen molar-refractivity contribution in [3.63, 3.8) is 0 Å². The standard InChI is InChI=1S/C30H25FN4O4S2/c1-33(2)20-12-8-17(9-13-20)23-24-25(28(38)35(27(24)37)21-14-10-18(31)11-15-21)40-29-26(23)41-30(39)34(29)16-22(36)32-19-6-4-3-5-7-19/h3-15,23-25H,16H2,1-2H3,(H,32,36)/t23-,24-,25+/m0/s1. The quantitative estimate of drug-likeness (QED) is 0.333. The Morgan fingerprint density at radius 1 is 0.927 bits per heavy atom. The number of imide groups is 1. The van der Waals surface area contributed by atoms with Crippen LogP contribution in [0.25, 0.3) is 0 Å². The molecule has 41 heavy (non-hydrogen) atoms. The second-order valence-electron chi connectivity index (χ2n) is 10.1. The number of amides is 3. The van der Waals surface area contributed by atoms with Crippen LogP contribution in [0.5, 0.6) is 0 Å². The monoisotopic (exact) mass is 588 g/mol. The molecule has 3 atom stereocenters. The van der Waals surface area contributed by atoms with Crippen LogP contribution in [-0.4, -0.2) is 41.6 Å². The Hall–Kier alpha value is -4.22. The molecule has 208 valence electrons. The lowest BCUT2D eigenvalue weighted by Gasteiger charge is -2.31. The maximum Gasteiger partial charge on any atom is 0.308 e. The number of halogens is 1. The first-order valence-electron chi connectivity index (χ1n) is 12.9. The fraction of sp³-hybridized carbons (Fsp3) is 0.200. The normalized spacial score (nSPS) is 19.6. The topological polar surface area (TPSA) is 91.7 Å². The number of rotatable bonds is 6. The number of thioether (sulfide) groups is 1. The molecule has 1 fully saturated rings. The molecule has 3 aromatic carbocycles. The van der Waals surface area contributed by atoms with Gasteiger partial charge in [-0.2, -0.15) is 0 Å². The van der Waals surface area contributed by atoms with Crippen molar-refractivity contribution < 1.29 is 18.8 Å². The highest BCUT2D eigenvalue weighted by atomic mass is 32.2. The number of nitrogens with zero attached hydrogens (tertiary/aromatic N) is 3. The third kappa shape index (κ3) is 4.85. The Morgan fingerprint density at radius 2 is 1.61 bits per heavy atom. The van der Waals surface area contributed by atoms with Gasteiger partial charge in [-0.1, -0.05) is 53.4 Å². The van der Waals surface area contributed by atoms with Crippen LogP contribution in [0.3, 0.4) is 0 Å². The summed E-state index contributed by atoms with van der Waals surface area (Å²) in [6, 6.07) is 21.9. The number of aromatic nitrogens is 1. The van der Waals surface area contributed by atoms with E-state index in [-0.39, 0.29) is 17.3 Å². The number of hydrogen-bond acceptors (Lipinski definition) is 7. The molecule has 0 bridgehead atoms. The van der Waals surface area contributed by atoms with Crippen molar-refractivity contribution in [1.82, 2.24) is 4.57 Å². The minimum atomic E-state index is -0.823. The molecular formula is C30H25FN4O4S2. The predicted molar refractivity (Wildman–Crippen MR) is 158 cm³/mol. The van der Waals surface area contributed by atoms with Gasteiger partial charge < -0.3 is 10.2 Å². The maximum absolute atomic E-state index is 13.9. The Bertz CT molecular complexity index is 1700. The van der Waals surface area contributed by atoms with Gasteiger partial charge in [0.05, 0.1) is 16.6 Å². The number of anilines is 3. The largest absolute Gasteiger partial charge is 0.378 e. The molecule has 1 N–H and O–H groups in total. The van der Waals surface area contributed by atoms with E-state index in [0.717, 1.165) is 39.2 Å². The lowest BCUT2D eigenvalue weighted by atomic mass is 9.83. The third-order valence-corrected chi connectivity index (χ3v) is 9.87. The van der Waals surface area contributed by atoms with Crippen molar-refractivity contribution in [3.05, 3.63) is 105 Å². The Balaban J connectivity index is 1.42. The molecule has 2 aliphatic rings. The molecule has 1 saturated heterocycles. The summed E-state index contributed by atoms with van der Waals surface area (Å²) < 4.78 is 15.0. The first kappa shape index (κ1) is 27.0. The van der Waals surface area contributed by atoms with E-state index in [4.69, 9.17) is 0 Å². The highest BCUT2D eigenvalue weighted by Gasteiger charge is 2.56. The van der Waals surface area contributed by atoms with E-state index < -0.39 is 34.7 Å². The second-order valence-corrected chi connectivity index (χ2v) is 12.2. The summed E-state index contributed by atoms with van der Waals surface area (Å²) in [5, 5.41) is 2.49. The molecule has 0 radical (unpaired) electrons. The zero-order valence-corrected chi connectivity index (χ0v) is 23.7. The van der Waals surface area contributed by atoms with Gasteiger partial charge in [-0.25, -0.2) is 9.29 Å². The van der Waals surface area contributed by atoms with Crippen molar-refractivity contribution in [1.29, 1.82) is 0 Å². The zero-order chi connectivity index (χ0) is 28.8. The van der Waals surface area contributed by atoms with Gasteiger partial charge in [0.1, 0.15) is 17.6 Å². The summed E-state index contributed by atoms with van der Waals surface area (Å²) in [5.74, 6) is -3.05. The van der Waals surface area contributed by atoms with Crippen molar-refractivity contribution in [3.8, 4) is 0 Å². The molecule has 3 heterocycles. The lowest BCUT2D eigenvalue weighted by molar-refractivity contribution is -0.122. The van der Waals surface area contributed by atoms with E-state index in [2.05, 4.69) is 5.32 Å². The average Bonchev–Trinajstić information content (AvgIpc) is 3.40. The van der Waals surface area contributed by atoms with Crippen LogP contribution in [0.1, 0.15) is 16.4 Å². The van der Waals surface area contributed by atoms with Crippen molar-refractivity contribution >= 4 is 57.9 Å². The van der Waals surface area contributed by atoms with Gasteiger partial charge in [0.15, 0.2) is 0 Å². The maximum atomic E-state index is 13.9. The highest BCUT2D eigenvalue weighted by Crippen LogP contribution is 2.54. The minimum Gasteiger partial charge on any atom is -0.378 e. The fourth-order valence-electron chi connectivity index (χ4n) is 5.30. The average molecular weight is 589 g/mol. The first-order valence-corrected chi connectivity index (χ1v) is 14.6. The smallest absolute Gasteiger partial charge is 0.308 e. The molecule has 0 aliphatic carbocycles. The molecule has 3 amide bonds. The van der Waals surface area contributed by atoms with Crippen LogP contribution in [-0.2, 0) is 20.9 Å². The van der Waals surface area contributed by atoms with Crippen LogP contribution in [0.2, 0.25) is 0 Å². The molecular weight excluding hydrogens is 563 g/mol. The Kier molecular flexibility index (Phi) is 7.00. The predicted octanol–water partition coefficient (Wildman–Crippen LogP) is 4.55. The molecule has 8 nitrogen and oxygen atoms in total. The van der Waals surface area contributed by atoms with E-state index >= 15 is 0 Å². The summed E-state index contributed by atoms with van der Waals surface area (Å²) in [4.78, 5) is 57.3. The van der Waals surface area contributed by atoms with Gasteiger partial charge in [-0.15, -0.1) is 0 Å². The van der Waals surface area contributed by atoms with Crippen LogP contribution in [0.15, 0.2) is 88.7 Å². The van der Waals surface area contributed by atoms with Gasteiger partial charge in [-0.05, 0) is 54.1 Å². The van der Waals surface area contributed by atoms with Gasteiger partial charge in [-0.3, -0.25) is 23.7 Å². The van der Waals surface area contributed by atoms with Crippen molar-refractivity contribution in [2.45, 2.75) is 22.7 Å². The lowest BCUT2D eigenvalue weighted by Crippen LogP contribution is -2.33. The number of nitrogens with one attached hydrogen (secondary N) is 1. The number of thiazole rings is 1. The summed E-state index contributed by atoms with van der Waals surface area (Å²) >= 11 is 2.14. The van der Waals surface area contributed by atoms with Crippen LogP contribution in [0, 0.1) is 11.7 Å². The SMILES string of the molecule is CN(C)c1ccc([C@@H]2c3sc(=O)n(CC(=O)Nc4ccccc4)c3S[C@H]3C(=O)N(c4ccc(F)cc4)C(=O)[C@@H]23)cc1. The van der Waals surface area contributed by atoms with Crippen molar-refractivity contribution in [2.75, 3.05) is 29.2 Å². The first-order chi connectivity index (χ1) is 19.7. The van der Waals surface area contributed by atoms with E-state index in [1.807, 2.05) is 49.3 Å². The molecule has 0 saturated carbocycles. The van der Waals surface area contributed by atoms with E-state index in [9.17, 15) is 23.6 Å². The number of carbonyl (C=O) groups excluding carboxylic acids is 3. The van der Waals surface area contributed by atoms with Crippen LogP contribution < -0.4 is 20.0 Å². The highest BCUT2D eigenvalue weighted by molar-refractivity contribution is 8.00. The Morgan fingerprint density at radius 3 is 2.27 bits per heavy atom. The second kappa shape index (κ2) is 10.6. The number of benzene rings is 3.